The highest BCUT2D eigenvalue weighted by Crippen LogP contribution is 2.20. The van der Waals surface area contributed by atoms with Gasteiger partial charge in [-0.15, -0.1) is 0 Å². The van der Waals surface area contributed by atoms with Crippen molar-refractivity contribution in [2.45, 2.75) is 57.8 Å². The van der Waals surface area contributed by atoms with Gasteiger partial charge in [0.25, 0.3) is 0 Å². The molecule has 0 aromatic carbocycles. The van der Waals surface area contributed by atoms with Gasteiger partial charge in [-0.2, -0.15) is 0 Å². The third-order valence-electron chi connectivity index (χ3n) is 6.40. The molecule has 1 atom stereocenters. The maximum atomic E-state index is 4.54. The highest BCUT2D eigenvalue weighted by atomic mass is 15.3. The largest absolute Gasteiger partial charge is 0.356 e. The molecule has 3 heterocycles. The Balaban J connectivity index is 1.25. The molecule has 3 aliphatic rings. The summed E-state index contributed by atoms with van der Waals surface area (Å²) in [7, 11) is 1.94. The summed E-state index contributed by atoms with van der Waals surface area (Å²) in [6.07, 6.45) is 12.3. The predicted octanol–water partition coefficient (Wildman–Crippen LogP) is 2.64. The van der Waals surface area contributed by atoms with Crippen LogP contribution in [-0.2, 0) is 0 Å². The first-order chi connectivity index (χ1) is 12.8. The average Bonchev–Trinajstić information content (AvgIpc) is 3.35. The summed E-state index contributed by atoms with van der Waals surface area (Å²) in [6, 6.07) is 0. The summed E-state index contributed by atoms with van der Waals surface area (Å²) in [5, 5.41) is 3.61. The number of piperidine rings is 1. The Kier molecular flexibility index (Phi) is 8.53. The van der Waals surface area contributed by atoms with Gasteiger partial charge in [0.05, 0.1) is 0 Å². The van der Waals surface area contributed by atoms with Crippen LogP contribution in [0.2, 0.25) is 0 Å². The topological polar surface area (TPSA) is 34.1 Å². The van der Waals surface area contributed by atoms with Gasteiger partial charge in [-0.05, 0) is 83.6 Å². The van der Waals surface area contributed by atoms with E-state index in [0.29, 0.717) is 0 Å². The number of hydrogen-bond donors (Lipinski definition) is 1. The third kappa shape index (κ3) is 6.41. The standard InChI is InChI=1S/C21H41N5/c1-22-21(23-11-4-2-5-12-24-13-6-3-7-14-24)26-17-10-20(19-26)18-25-15-8-9-16-25/h20H,2-19H2,1H3,(H,22,23). The molecule has 1 unspecified atom stereocenters. The molecule has 0 spiro atoms. The smallest absolute Gasteiger partial charge is 0.193 e. The van der Waals surface area contributed by atoms with Crippen LogP contribution in [-0.4, -0.2) is 86.6 Å². The van der Waals surface area contributed by atoms with Crippen molar-refractivity contribution >= 4 is 5.96 Å². The minimum Gasteiger partial charge on any atom is -0.356 e. The van der Waals surface area contributed by atoms with Crippen LogP contribution in [0, 0.1) is 5.92 Å². The number of likely N-dealkylation sites (tertiary alicyclic amines) is 3. The number of aliphatic imine (C=N–C) groups is 1. The lowest BCUT2D eigenvalue weighted by Crippen LogP contribution is -2.41. The number of guanidine groups is 1. The molecule has 0 aromatic heterocycles. The van der Waals surface area contributed by atoms with Gasteiger partial charge in [-0.25, -0.2) is 0 Å². The average molecular weight is 364 g/mol. The zero-order valence-electron chi connectivity index (χ0n) is 17.1. The molecule has 0 radical (unpaired) electrons. The predicted molar refractivity (Wildman–Crippen MR) is 111 cm³/mol. The lowest BCUT2D eigenvalue weighted by atomic mass is 10.1. The van der Waals surface area contributed by atoms with Gasteiger partial charge in [0.2, 0.25) is 0 Å². The van der Waals surface area contributed by atoms with Crippen molar-refractivity contribution in [3.05, 3.63) is 0 Å². The molecule has 0 aromatic rings. The molecule has 26 heavy (non-hydrogen) atoms. The SMILES string of the molecule is CN=C(NCCCCCN1CCCCC1)N1CCC(CN2CCCC2)C1. The molecule has 1 N–H and O–H groups in total. The maximum absolute atomic E-state index is 4.54. The van der Waals surface area contributed by atoms with Crippen molar-refractivity contribution < 1.29 is 0 Å². The van der Waals surface area contributed by atoms with E-state index in [0.717, 1.165) is 18.4 Å². The summed E-state index contributed by atoms with van der Waals surface area (Å²) in [6.45, 7) is 11.3. The van der Waals surface area contributed by atoms with Gasteiger partial charge in [0.15, 0.2) is 5.96 Å². The van der Waals surface area contributed by atoms with Crippen molar-refractivity contribution in [2.75, 3.05) is 66.0 Å². The molecule has 3 aliphatic heterocycles. The van der Waals surface area contributed by atoms with Crippen LogP contribution >= 0.6 is 0 Å². The van der Waals surface area contributed by atoms with Crippen molar-refractivity contribution in [3.8, 4) is 0 Å². The Morgan fingerprint density at radius 1 is 0.885 bits per heavy atom. The molecular weight excluding hydrogens is 322 g/mol. The Morgan fingerprint density at radius 3 is 2.38 bits per heavy atom. The fourth-order valence-corrected chi connectivity index (χ4v) is 4.86. The second-order valence-corrected chi connectivity index (χ2v) is 8.55. The molecule has 3 fully saturated rings. The van der Waals surface area contributed by atoms with E-state index in [1.54, 1.807) is 0 Å². The number of unbranched alkanes of at least 4 members (excludes halogenated alkanes) is 2. The van der Waals surface area contributed by atoms with E-state index in [9.17, 15) is 0 Å². The third-order valence-corrected chi connectivity index (χ3v) is 6.40. The zero-order chi connectivity index (χ0) is 18.0. The fourth-order valence-electron chi connectivity index (χ4n) is 4.86. The molecule has 0 bridgehead atoms. The van der Waals surface area contributed by atoms with E-state index in [1.807, 2.05) is 7.05 Å². The lowest BCUT2D eigenvalue weighted by molar-refractivity contribution is 0.224. The number of rotatable bonds is 8. The van der Waals surface area contributed by atoms with Gasteiger partial charge in [-0.1, -0.05) is 12.8 Å². The molecule has 0 saturated carbocycles. The lowest BCUT2D eigenvalue weighted by Gasteiger charge is -2.26. The van der Waals surface area contributed by atoms with Crippen LogP contribution in [0.4, 0.5) is 0 Å². The quantitative estimate of drug-likeness (QED) is 0.408. The van der Waals surface area contributed by atoms with Crippen molar-refractivity contribution in [1.29, 1.82) is 0 Å². The highest BCUT2D eigenvalue weighted by molar-refractivity contribution is 5.80. The normalized spacial score (nSPS) is 26.0. The number of hydrogen-bond acceptors (Lipinski definition) is 3. The van der Waals surface area contributed by atoms with Gasteiger partial charge in [0, 0.05) is 33.2 Å². The highest BCUT2D eigenvalue weighted by Gasteiger charge is 2.27. The van der Waals surface area contributed by atoms with Crippen LogP contribution < -0.4 is 5.32 Å². The Bertz CT molecular complexity index is 413. The summed E-state index contributed by atoms with van der Waals surface area (Å²) in [4.78, 5) is 12.3. The Morgan fingerprint density at radius 2 is 1.62 bits per heavy atom. The van der Waals surface area contributed by atoms with Gasteiger partial charge in [0.1, 0.15) is 0 Å². The van der Waals surface area contributed by atoms with Crippen LogP contribution in [0.3, 0.4) is 0 Å². The van der Waals surface area contributed by atoms with E-state index in [1.165, 1.54) is 110 Å². The minimum absolute atomic E-state index is 0.830. The second-order valence-electron chi connectivity index (χ2n) is 8.55. The Hall–Kier alpha value is -0.810. The summed E-state index contributed by atoms with van der Waals surface area (Å²) >= 11 is 0. The zero-order valence-corrected chi connectivity index (χ0v) is 17.1. The molecule has 0 aliphatic carbocycles. The summed E-state index contributed by atoms with van der Waals surface area (Å²) in [5.41, 5.74) is 0. The first-order valence-corrected chi connectivity index (χ1v) is 11.3. The first kappa shape index (κ1) is 19.9. The van der Waals surface area contributed by atoms with Crippen molar-refractivity contribution in [3.63, 3.8) is 0 Å². The molecule has 3 rings (SSSR count). The van der Waals surface area contributed by atoms with E-state index in [-0.39, 0.29) is 0 Å². The monoisotopic (exact) mass is 363 g/mol. The maximum Gasteiger partial charge on any atom is 0.193 e. The van der Waals surface area contributed by atoms with E-state index in [4.69, 9.17) is 0 Å². The van der Waals surface area contributed by atoms with Crippen LogP contribution in [0.15, 0.2) is 4.99 Å². The fraction of sp³-hybridized carbons (Fsp3) is 0.952. The molecule has 150 valence electrons. The van der Waals surface area contributed by atoms with Crippen LogP contribution in [0.25, 0.3) is 0 Å². The van der Waals surface area contributed by atoms with E-state index in [2.05, 4.69) is 25.0 Å². The summed E-state index contributed by atoms with van der Waals surface area (Å²) in [5.74, 6) is 1.96. The molecule has 5 heteroatoms. The van der Waals surface area contributed by atoms with E-state index >= 15 is 0 Å². The molecule has 0 amide bonds. The minimum atomic E-state index is 0.830. The molecular formula is C21H41N5. The van der Waals surface area contributed by atoms with Crippen molar-refractivity contribution in [2.24, 2.45) is 10.9 Å². The molecule has 5 nitrogen and oxygen atoms in total. The van der Waals surface area contributed by atoms with Crippen LogP contribution in [0.5, 0.6) is 0 Å². The number of nitrogens with one attached hydrogen (secondary N) is 1. The van der Waals surface area contributed by atoms with Gasteiger partial charge >= 0.3 is 0 Å². The molecule has 3 saturated heterocycles. The van der Waals surface area contributed by atoms with Gasteiger partial charge < -0.3 is 20.0 Å². The van der Waals surface area contributed by atoms with E-state index < -0.39 is 0 Å². The van der Waals surface area contributed by atoms with Crippen LogP contribution in [0.1, 0.15) is 57.8 Å². The summed E-state index contributed by atoms with van der Waals surface area (Å²) < 4.78 is 0. The van der Waals surface area contributed by atoms with Crippen molar-refractivity contribution in [1.82, 2.24) is 20.0 Å². The second kappa shape index (κ2) is 11.1. The first-order valence-electron chi connectivity index (χ1n) is 11.3. The van der Waals surface area contributed by atoms with Gasteiger partial charge in [-0.3, -0.25) is 4.99 Å². The number of nitrogens with zero attached hydrogens (tertiary/aromatic N) is 4. The Labute approximate surface area is 161 Å².